The number of aromatic nitrogens is 4. The fraction of sp³-hybridized carbons (Fsp3) is 0.235. The van der Waals surface area contributed by atoms with E-state index >= 15 is 0 Å². The zero-order chi connectivity index (χ0) is 17.1. The van der Waals surface area contributed by atoms with Crippen LogP contribution in [-0.2, 0) is 11.3 Å². The van der Waals surface area contributed by atoms with Crippen LogP contribution in [0.3, 0.4) is 0 Å². The first-order valence-corrected chi connectivity index (χ1v) is 7.97. The first-order valence-electron chi connectivity index (χ1n) is 7.97. The molecule has 4 rings (SSSR count). The van der Waals surface area contributed by atoms with Crippen molar-refractivity contribution in [2.24, 2.45) is 0 Å². The summed E-state index contributed by atoms with van der Waals surface area (Å²) in [5.41, 5.74) is 2.28. The van der Waals surface area contributed by atoms with Crippen molar-refractivity contribution in [1.82, 2.24) is 19.9 Å². The molecule has 0 radical (unpaired) electrons. The third-order valence-corrected chi connectivity index (χ3v) is 3.92. The molecular formula is C17H18N6O2. The van der Waals surface area contributed by atoms with Crippen LogP contribution in [0, 0.1) is 0 Å². The molecule has 3 heterocycles. The van der Waals surface area contributed by atoms with Crippen LogP contribution in [0.5, 0.6) is 0 Å². The molecule has 3 aromatic heterocycles. The Balaban J connectivity index is 1.55. The van der Waals surface area contributed by atoms with E-state index in [1.165, 1.54) is 0 Å². The molecule has 8 heteroatoms. The summed E-state index contributed by atoms with van der Waals surface area (Å²) < 4.78 is 10.6. The number of imidazole rings is 1. The average Bonchev–Trinajstić information content (AvgIpc) is 3.32. The minimum absolute atomic E-state index is 0.116. The molecule has 25 heavy (non-hydrogen) atoms. The van der Waals surface area contributed by atoms with Crippen LogP contribution in [0.4, 0.5) is 11.8 Å². The number of rotatable bonds is 6. The number of allylic oxidation sites excluding steroid dienone is 1. The third-order valence-electron chi connectivity index (χ3n) is 3.92. The monoisotopic (exact) mass is 338 g/mol. The van der Waals surface area contributed by atoms with Crippen LogP contribution in [0.15, 0.2) is 53.1 Å². The van der Waals surface area contributed by atoms with E-state index in [-0.39, 0.29) is 6.10 Å². The third kappa shape index (κ3) is 3.38. The Hall–Kier alpha value is -3.13. The number of hydrogen-bond donors (Lipinski definition) is 3. The topological polar surface area (TPSA) is 101 Å². The van der Waals surface area contributed by atoms with Crippen LogP contribution in [0.25, 0.3) is 11.2 Å². The standard InChI is InChI=1S/C17H18N6O2/c1-24-12-6-4-11(5-7-12)21-17-22-15(14-16(23-17)20-10-19-14)18-9-13-3-2-8-25-13/h2-6,8,10,12H,7,9H2,1H3,(H3,18,19,20,21,22,23). The summed E-state index contributed by atoms with van der Waals surface area (Å²) in [5.74, 6) is 1.97. The second-order valence-electron chi connectivity index (χ2n) is 5.58. The molecule has 0 aromatic carbocycles. The van der Waals surface area contributed by atoms with Gasteiger partial charge in [0.1, 0.15) is 11.3 Å². The second-order valence-corrected chi connectivity index (χ2v) is 5.58. The average molecular weight is 338 g/mol. The molecule has 1 aliphatic carbocycles. The normalized spacial score (nSPS) is 16.8. The number of methoxy groups -OCH3 is 1. The quantitative estimate of drug-likeness (QED) is 0.635. The smallest absolute Gasteiger partial charge is 0.231 e. The molecule has 0 amide bonds. The zero-order valence-corrected chi connectivity index (χ0v) is 13.7. The Kier molecular flexibility index (Phi) is 4.17. The van der Waals surface area contributed by atoms with E-state index in [1.807, 2.05) is 24.3 Å². The van der Waals surface area contributed by atoms with Crippen LogP contribution < -0.4 is 10.6 Å². The van der Waals surface area contributed by atoms with Crippen molar-refractivity contribution >= 4 is 22.9 Å². The second kappa shape index (κ2) is 6.78. The van der Waals surface area contributed by atoms with Crippen molar-refractivity contribution in [2.75, 3.05) is 17.7 Å². The maximum atomic E-state index is 5.34. The molecule has 8 nitrogen and oxygen atoms in total. The summed E-state index contributed by atoms with van der Waals surface area (Å²) in [4.78, 5) is 16.3. The van der Waals surface area contributed by atoms with Crippen molar-refractivity contribution in [2.45, 2.75) is 19.1 Å². The lowest BCUT2D eigenvalue weighted by atomic mass is 10.1. The lowest BCUT2D eigenvalue weighted by Crippen LogP contribution is -2.12. The SMILES string of the molecule is COC1C=CC(Nc2nc(NCc3ccco3)c3[nH]cnc3n2)=CC1. The molecule has 0 bridgehead atoms. The highest BCUT2D eigenvalue weighted by atomic mass is 16.5. The van der Waals surface area contributed by atoms with Gasteiger partial charge in [-0.15, -0.1) is 0 Å². The molecule has 3 N–H and O–H groups in total. The van der Waals surface area contributed by atoms with E-state index < -0.39 is 0 Å². The van der Waals surface area contributed by atoms with Crippen LogP contribution in [-0.4, -0.2) is 33.1 Å². The lowest BCUT2D eigenvalue weighted by molar-refractivity contribution is 0.142. The van der Waals surface area contributed by atoms with Gasteiger partial charge < -0.3 is 24.8 Å². The van der Waals surface area contributed by atoms with Crippen molar-refractivity contribution in [1.29, 1.82) is 0 Å². The summed E-state index contributed by atoms with van der Waals surface area (Å²) in [6, 6.07) is 3.76. The molecule has 0 aliphatic heterocycles. The maximum Gasteiger partial charge on any atom is 0.231 e. The van der Waals surface area contributed by atoms with E-state index in [2.05, 4.69) is 36.6 Å². The van der Waals surface area contributed by atoms with Gasteiger partial charge in [-0.25, -0.2) is 4.98 Å². The predicted octanol–water partition coefficient (Wildman–Crippen LogP) is 2.83. The summed E-state index contributed by atoms with van der Waals surface area (Å²) in [5, 5.41) is 6.48. The van der Waals surface area contributed by atoms with E-state index in [4.69, 9.17) is 9.15 Å². The first-order chi connectivity index (χ1) is 12.3. The van der Waals surface area contributed by atoms with Gasteiger partial charge in [-0.1, -0.05) is 12.2 Å². The molecule has 3 aromatic rings. The number of hydrogen-bond acceptors (Lipinski definition) is 7. The molecule has 0 saturated heterocycles. The molecule has 1 unspecified atom stereocenters. The number of aromatic amines is 1. The first kappa shape index (κ1) is 15.4. The Morgan fingerprint density at radius 1 is 1.40 bits per heavy atom. The molecule has 0 fully saturated rings. The van der Waals surface area contributed by atoms with Crippen LogP contribution in [0.2, 0.25) is 0 Å². The largest absolute Gasteiger partial charge is 0.467 e. The van der Waals surface area contributed by atoms with Gasteiger partial charge in [-0.3, -0.25) is 0 Å². The molecule has 0 saturated carbocycles. The summed E-state index contributed by atoms with van der Waals surface area (Å²) in [6.45, 7) is 0.524. The van der Waals surface area contributed by atoms with Gasteiger partial charge in [0.25, 0.3) is 0 Å². The van der Waals surface area contributed by atoms with E-state index in [0.717, 1.165) is 23.4 Å². The predicted molar refractivity (Wildman–Crippen MR) is 94.0 cm³/mol. The number of ether oxygens (including phenoxy) is 1. The number of fused-ring (bicyclic) bond motifs is 1. The van der Waals surface area contributed by atoms with Crippen LogP contribution >= 0.6 is 0 Å². The molecule has 128 valence electrons. The van der Waals surface area contributed by atoms with E-state index in [0.29, 0.717) is 24.0 Å². The van der Waals surface area contributed by atoms with Gasteiger partial charge in [0, 0.05) is 12.8 Å². The highest BCUT2D eigenvalue weighted by Gasteiger charge is 2.12. The van der Waals surface area contributed by atoms with Gasteiger partial charge in [0.05, 0.1) is 25.2 Å². The fourth-order valence-electron chi connectivity index (χ4n) is 2.60. The van der Waals surface area contributed by atoms with Gasteiger partial charge in [-0.2, -0.15) is 9.97 Å². The van der Waals surface area contributed by atoms with Crippen molar-refractivity contribution in [3.05, 3.63) is 54.4 Å². The number of nitrogens with zero attached hydrogens (tertiary/aromatic N) is 3. The number of nitrogens with one attached hydrogen (secondary N) is 3. The Morgan fingerprint density at radius 3 is 3.12 bits per heavy atom. The zero-order valence-electron chi connectivity index (χ0n) is 13.7. The number of anilines is 2. The van der Waals surface area contributed by atoms with Gasteiger partial charge in [0.2, 0.25) is 5.95 Å². The van der Waals surface area contributed by atoms with Crippen molar-refractivity contribution < 1.29 is 9.15 Å². The van der Waals surface area contributed by atoms with Gasteiger partial charge in [0.15, 0.2) is 11.5 Å². The van der Waals surface area contributed by atoms with E-state index in [9.17, 15) is 0 Å². The van der Waals surface area contributed by atoms with E-state index in [1.54, 1.807) is 19.7 Å². The number of furan rings is 1. The Labute approximate surface area is 144 Å². The summed E-state index contributed by atoms with van der Waals surface area (Å²) in [7, 11) is 1.70. The maximum absolute atomic E-state index is 5.34. The van der Waals surface area contributed by atoms with Crippen molar-refractivity contribution in [3.63, 3.8) is 0 Å². The van der Waals surface area contributed by atoms with Gasteiger partial charge in [-0.05, 0) is 24.6 Å². The van der Waals surface area contributed by atoms with Crippen LogP contribution in [0.1, 0.15) is 12.2 Å². The molecular weight excluding hydrogens is 320 g/mol. The highest BCUT2D eigenvalue weighted by Crippen LogP contribution is 2.21. The molecule has 0 spiro atoms. The molecule has 1 aliphatic rings. The Morgan fingerprint density at radius 2 is 2.36 bits per heavy atom. The lowest BCUT2D eigenvalue weighted by Gasteiger charge is -2.15. The van der Waals surface area contributed by atoms with Crippen molar-refractivity contribution in [3.8, 4) is 0 Å². The molecule has 1 atom stereocenters. The highest BCUT2D eigenvalue weighted by molar-refractivity contribution is 5.83. The Bertz CT molecular complexity index is 913. The summed E-state index contributed by atoms with van der Waals surface area (Å²) >= 11 is 0. The minimum Gasteiger partial charge on any atom is -0.467 e. The minimum atomic E-state index is 0.116. The fourth-order valence-corrected chi connectivity index (χ4v) is 2.60. The summed E-state index contributed by atoms with van der Waals surface area (Å²) in [6.07, 6.45) is 10.2. The number of H-pyrrole nitrogens is 1. The van der Waals surface area contributed by atoms with Gasteiger partial charge >= 0.3 is 0 Å².